The molecule has 0 atom stereocenters. The lowest BCUT2D eigenvalue weighted by Gasteiger charge is -2.13. The predicted molar refractivity (Wildman–Crippen MR) is 95.7 cm³/mol. The number of H-pyrrole nitrogens is 1. The summed E-state index contributed by atoms with van der Waals surface area (Å²) in [5, 5.41) is 0. The van der Waals surface area contributed by atoms with E-state index in [2.05, 4.69) is 34.1 Å². The maximum Gasteiger partial charge on any atom is 0.127 e. The fourth-order valence-electron chi connectivity index (χ4n) is 2.50. The van der Waals surface area contributed by atoms with Gasteiger partial charge in [0.2, 0.25) is 0 Å². The Labute approximate surface area is 137 Å². The second-order valence-corrected chi connectivity index (χ2v) is 5.82. The number of aromatic nitrogens is 1. The topological polar surface area (TPSA) is 28.3 Å². The molecule has 0 aliphatic heterocycles. The molecule has 0 aliphatic carbocycles. The normalized spacial score (nSPS) is 10.9. The third-order valence-corrected chi connectivity index (χ3v) is 3.76. The summed E-state index contributed by atoms with van der Waals surface area (Å²) in [5.74, 6) is 0.924. The van der Waals surface area contributed by atoms with Crippen molar-refractivity contribution in [2.24, 2.45) is 0 Å². The number of hydrogen-bond acceptors (Lipinski definition) is 2. The molecular formula is C20H22N2O. The van der Waals surface area contributed by atoms with Gasteiger partial charge in [0.25, 0.3) is 0 Å². The maximum absolute atomic E-state index is 5.96. The molecule has 118 valence electrons. The predicted octanol–water partition coefficient (Wildman–Crippen LogP) is 4.29. The van der Waals surface area contributed by atoms with Crippen molar-refractivity contribution in [2.45, 2.75) is 0 Å². The van der Waals surface area contributed by atoms with Crippen LogP contribution < -0.4 is 4.74 Å². The van der Waals surface area contributed by atoms with Crippen molar-refractivity contribution < 1.29 is 4.74 Å². The molecule has 0 amide bonds. The van der Waals surface area contributed by atoms with Crippen LogP contribution in [0.25, 0.3) is 22.4 Å². The van der Waals surface area contributed by atoms with Crippen molar-refractivity contribution in [3.63, 3.8) is 0 Å². The van der Waals surface area contributed by atoms with E-state index in [4.69, 9.17) is 4.74 Å². The van der Waals surface area contributed by atoms with Crippen molar-refractivity contribution in [2.75, 3.05) is 27.2 Å². The number of nitrogens with one attached hydrogen (secondary N) is 1. The Balaban J connectivity index is 1.83. The van der Waals surface area contributed by atoms with Crippen molar-refractivity contribution in [3.05, 3.63) is 66.9 Å². The number of para-hydroxylation sites is 1. The first-order chi connectivity index (χ1) is 11.2. The summed E-state index contributed by atoms with van der Waals surface area (Å²) in [6.07, 6.45) is 2.04. The first kappa shape index (κ1) is 15.4. The number of nitrogens with zero attached hydrogens (tertiary/aromatic N) is 1. The van der Waals surface area contributed by atoms with Gasteiger partial charge < -0.3 is 14.6 Å². The lowest BCUT2D eigenvalue weighted by atomic mass is 10.1. The van der Waals surface area contributed by atoms with E-state index < -0.39 is 0 Å². The molecule has 23 heavy (non-hydrogen) atoms. The van der Waals surface area contributed by atoms with Gasteiger partial charge in [-0.3, -0.25) is 0 Å². The van der Waals surface area contributed by atoms with E-state index >= 15 is 0 Å². The van der Waals surface area contributed by atoms with Crippen LogP contribution in [0.4, 0.5) is 0 Å². The Kier molecular flexibility index (Phi) is 4.79. The molecule has 0 radical (unpaired) electrons. The first-order valence-corrected chi connectivity index (χ1v) is 7.85. The highest BCUT2D eigenvalue weighted by Gasteiger charge is 2.09. The Bertz CT molecular complexity index is 747. The highest BCUT2D eigenvalue weighted by Crippen LogP contribution is 2.32. The fourth-order valence-corrected chi connectivity index (χ4v) is 2.50. The van der Waals surface area contributed by atoms with Crippen LogP contribution in [0.5, 0.6) is 5.75 Å². The lowest BCUT2D eigenvalue weighted by molar-refractivity contribution is 0.262. The standard InChI is InChI=1S/C20H22N2O/c1-22(2)12-13-23-20-11-7-6-10-18(20)17-14-19(21-15-17)16-8-4-3-5-9-16/h3-11,14-15,21H,12-13H2,1-2H3. The van der Waals surface area contributed by atoms with E-state index in [0.29, 0.717) is 6.61 Å². The molecule has 0 fully saturated rings. The SMILES string of the molecule is CN(C)CCOc1ccccc1-c1c[nH]c(-c2ccccc2)c1. The molecule has 0 saturated heterocycles. The molecule has 0 saturated carbocycles. The van der Waals surface area contributed by atoms with E-state index in [1.807, 2.05) is 56.7 Å². The van der Waals surface area contributed by atoms with Crippen molar-refractivity contribution in [1.82, 2.24) is 9.88 Å². The van der Waals surface area contributed by atoms with Gasteiger partial charge in [-0.15, -0.1) is 0 Å². The van der Waals surface area contributed by atoms with Gasteiger partial charge in [0, 0.05) is 29.6 Å². The van der Waals surface area contributed by atoms with Gasteiger partial charge in [-0.05, 0) is 31.8 Å². The number of hydrogen-bond donors (Lipinski definition) is 1. The van der Waals surface area contributed by atoms with Gasteiger partial charge in [0.05, 0.1) is 0 Å². The summed E-state index contributed by atoms with van der Waals surface area (Å²) in [6, 6.07) is 20.7. The molecule has 3 rings (SSSR count). The highest BCUT2D eigenvalue weighted by atomic mass is 16.5. The molecule has 2 aromatic carbocycles. The molecule has 0 bridgehead atoms. The van der Waals surface area contributed by atoms with Gasteiger partial charge in [-0.2, -0.15) is 0 Å². The number of benzene rings is 2. The van der Waals surface area contributed by atoms with Crippen LogP contribution in [-0.2, 0) is 0 Å². The van der Waals surface area contributed by atoms with E-state index in [0.717, 1.165) is 29.1 Å². The number of rotatable bonds is 6. The van der Waals surface area contributed by atoms with Gasteiger partial charge in [0.15, 0.2) is 0 Å². The van der Waals surface area contributed by atoms with Crippen molar-refractivity contribution >= 4 is 0 Å². The Morgan fingerprint density at radius 3 is 2.43 bits per heavy atom. The van der Waals surface area contributed by atoms with Crippen LogP contribution in [0.1, 0.15) is 0 Å². The molecule has 0 spiro atoms. The van der Waals surface area contributed by atoms with Crippen LogP contribution in [0.3, 0.4) is 0 Å². The summed E-state index contributed by atoms with van der Waals surface area (Å²) in [6.45, 7) is 1.58. The Morgan fingerprint density at radius 2 is 1.65 bits per heavy atom. The molecular weight excluding hydrogens is 284 g/mol. The fraction of sp³-hybridized carbons (Fsp3) is 0.200. The molecule has 0 unspecified atom stereocenters. The maximum atomic E-state index is 5.96. The lowest BCUT2D eigenvalue weighted by Crippen LogP contribution is -2.19. The summed E-state index contributed by atoms with van der Waals surface area (Å²) < 4.78 is 5.96. The van der Waals surface area contributed by atoms with Crippen LogP contribution in [0.15, 0.2) is 66.9 Å². The Morgan fingerprint density at radius 1 is 0.913 bits per heavy atom. The molecule has 3 heteroatoms. The zero-order chi connectivity index (χ0) is 16.1. The molecule has 0 aliphatic rings. The zero-order valence-corrected chi connectivity index (χ0v) is 13.6. The van der Waals surface area contributed by atoms with Gasteiger partial charge >= 0.3 is 0 Å². The first-order valence-electron chi connectivity index (χ1n) is 7.85. The molecule has 3 aromatic rings. The second kappa shape index (κ2) is 7.16. The van der Waals surface area contributed by atoms with E-state index in [1.165, 1.54) is 5.56 Å². The average molecular weight is 306 g/mol. The van der Waals surface area contributed by atoms with E-state index in [1.54, 1.807) is 0 Å². The van der Waals surface area contributed by atoms with Gasteiger partial charge in [-0.25, -0.2) is 0 Å². The second-order valence-electron chi connectivity index (χ2n) is 5.82. The minimum absolute atomic E-state index is 0.681. The van der Waals surface area contributed by atoms with E-state index in [-0.39, 0.29) is 0 Å². The smallest absolute Gasteiger partial charge is 0.127 e. The molecule has 3 nitrogen and oxygen atoms in total. The van der Waals surface area contributed by atoms with Crippen LogP contribution >= 0.6 is 0 Å². The number of aromatic amines is 1. The average Bonchev–Trinajstić information content (AvgIpc) is 3.06. The minimum atomic E-state index is 0.681. The van der Waals surface area contributed by atoms with Gasteiger partial charge in [0.1, 0.15) is 12.4 Å². The van der Waals surface area contributed by atoms with E-state index in [9.17, 15) is 0 Å². The Hall–Kier alpha value is -2.52. The van der Waals surface area contributed by atoms with Crippen LogP contribution in [0, 0.1) is 0 Å². The summed E-state index contributed by atoms with van der Waals surface area (Å²) in [5.41, 5.74) is 4.56. The van der Waals surface area contributed by atoms with Crippen LogP contribution in [-0.4, -0.2) is 37.1 Å². The van der Waals surface area contributed by atoms with Crippen molar-refractivity contribution in [1.29, 1.82) is 0 Å². The monoisotopic (exact) mass is 306 g/mol. The number of likely N-dealkylation sites (N-methyl/N-ethyl adjacent to an activating group) is 1. The van der Waals surface area contributed by atoms with Gasteiger partial charge in [-0.1, -0.05) is 48.5 Å². The zero-order valence-electron chi connectivity index (χ0n) is 13.6. The van der Waals surface area contributed by atoms with Crippen molar-refractivity contribution in [3.8, 4) is 28.1 Å². The molecule has 1 N–H and O–H groups in total. The minimum Gasteiger partial charge on any atom is -0.492 e. The van der Waals surface area contributed by atoms with Crippen LogP contribution in [0.2, 0.25) is 0 Å². The highest BCUT2D eigenvalue weighted by molar-refractivity contribution is 5.75. The third kappa shape index (κ3) is 3.82. The summed E-state index contributed by atoms with van der Waals surface area (Å²) in [7, 11) is 4.10. The molecule has 1 aromatic heterocycles. The summed E-state index contributed by atoms with van der Waals surface area (Å²) in [4.78, 5) is 5.48. The number of ether oxygens (including phenoxy) is 1. The third-order valence-electron chi connectivity index (χ3n) is 3.76. The largest absolute Gasteiger partial charge is 0.492 e. The summed E-state index contributed by atoms with van der Waals surface area (Å²) >= 11 is 0. The quantitative estimate of drug-likeness (QED) is 0.736. The molecule has 1 heterocycles.